The van der Waals surface area contributed by atoms with Gasteiger partial charge in [0.25, 0.3) is 5.91 Å². The highest BCUT2D eigenvalue weighted by molar-refractivity contribution is 8.27. The van der Waals surface area contributed by atoms with Crippen molar-refractivity contribution in [2.24, 2.45) is 0 Å². The monoisotopic (exact) mass is 417 g/mol. The molecular formula is C20H16FNO4S2. The molecule has 1 saturated heterocycles. The van der Waals surface area contributed by atoms with Crippen molar-refractivity contribution in [3.05, 3.63) is 64.8 Å². The number of carbonyl (C=O) groups excluding carboxylic acids is 1. The highest BCUT2D eigenvalue weighted by Crippen LogP contribution is 2.36. The largest absolute Gasteiger partial charge is 0.479 e. The van der Waals surface area contributed by atoms with Crippen molar-refractivity contribution >= 4 is 51.9 Å². The molecule has 0 aromatic heterocycles. The smallest absolute Gasteiger partial charge is 0.344 e. The number of thiocarbonyl (C=S) groups is 1. The van der Waals surface area contributed by atoms with Gasteiger partial charge in [-0.05, 0) is 48.4 Å². The first kappa shape index (κ1) is 20.0. The highest BCUT2D eigenvalue weighted by Gasteiger charge is 2.33. The van der Waals surface area contributed by atoms with Crippen LogP contribution in [0.4, 0.5) is 10.1 Å². The number of aliphatic carboxylic acids is 1. The van der Waals surface area contributed by atoms with Gasteiger partial charge >= 0.3 is 5.97 Å². The number of anilines is 1. The summed E-state index contributed by atoms with van der Waals surface area (Å²) in [5.74, 6) is -1.36. The summed E-state index contributed by atoms with van der Waals surface area (Å²) in [4.78, 5) is 25.5. The molecule has 2 aromatic rings. The van der Waals surface area contributed by atoms with Gasteiger partial charge in [-0.25, -0.2) is 9.18 Å². The van der Waals surface area contributed by atoms with Gasteiger partial charge in [-0.3, -0.25) is 9.69 Å². The summed E-state index contributed by atoms with van der Waals surface area (Å²) in [7, 11) is 0. The van der Waals surface area contributed by atoms with Crippen molar-refractivity contribution in [3.63, 3.8) is 0 Å². The number of halogens is 1. The molecule has 0 aliphatic carbocycles. The van der Waals surface area contributed by atoms with Crippen LogP contribution in [0.5, 0.6) is 5.75 Å². The third kappa shape index (κ3) is 4.40. The highest BCUT2D eigenvalue weighted by atomic mass is 32.2. The molecule has 1 aliphatic rings. The van der Waals surface area contributed by atoms with Crippen molar-refractivity contribution in [1.82, 2.24) is 0 Å². The van der Waals surface area contributed by atoms with Gasteiger partial charge in [0, 0.05) is 0 Å². The molecule has 144 valence electrons. The Bertz CT molecular complexity index is 959. The number of rotatable bonds is 6. The number of benzene rings is 2. The number of carboxylic acid groups (broad SMARTS) is 1. The molecule has 0 saturated carbocycles. The van der Waals surface area contributed by atoms with Crippen LogP contribution in [0.15, 0.2) is 53.4 Å². The maximum atomic E-state index is 13.5. The first-order valence-corrected chi connectivity index (χ1v) is 9.64. The fourth-order valence-corrected chi connectivity index (χ4v) is 3.87. The predicted molar refractivity (Wildman–Crippen MR) is 111 cm³/mol. The SMILES string of the molecule is CCC(Oc1ccc(/C=C2/SC(=S)N(c3cccc(F)c3)C2=O)cc1)C(=O)O. The van der Waals surface area contributed by atoms with E-state index in [9.17, 15) is 14.0 Å². The molecule has 1 aliphatic heterocycles. The molecule has 28 heavy (non-hydrogen) atoms. The normalized spacial score (nSPS) is 16.5. The third-order valence-electron chi connectivity index (χ3n) is 3.96. The molecule has 1 unspecified atom stereocenters. The van der Waals surface area contributed by atoms with Crippen LogP contribution in [0.1, 0.15) is 18.9 Å². The lowest BCUT2D eigenvalue weighted by Gasteiger charge is -2.14. The Morgan fingerprint density at radius 3 is 2.64 bits per heavy atom. The standard InChI is InChI=1S/C20H16FNO4S2/c1-2-16(19(24)25)26-15-8-6-12(7-9-15)10-17-18(23)22(20(27)28-17)14-5-3-4-13(21)11-14/h3-11,16H,2H2,1H3,(H,24,25)/b17-10+. The van der Waals surface area contributed by atoms with E-state index in [0.717, 1.165) is 17.3 Å². The summed E-state index contributed by atoms with van der Waals surface area (Å²) in [5, 5.41) is 9.05. The summed E-state index contributed by atoms with van der Waals surface area (Å²) in [6, 6.07) is 12.4. The van der Waals surface area contributed by atoms with Gasteiger partial charge in [0.1, 0.15) is 11.6 Å². The molecule has 1 atom stereocenters. The fourth-order valence-electron chi connectivity index (χ4n) is 2.57. The van der Waals surface area contributed by atoms with Gasteiger partial charge in [0.2, 0.25) is 0 Å². The molecule has 8 heteroatoms. The van der Waals surface area contributed by atoms with E-state index < -0.39 is 17.9 Å². The second-order valence-electron chi connectivity index (χ2n) is 5.92. The molecule has 0 spiro atoms. The Hall–Kier alpha value is -2.71. The molecule has 2 aromatic carbocycles. The lowest BCUT2D eigenvalue weighted by molar-refractivity contribution is -0.145. The van der Waals surface area contributed by atoms with Gasteiger partial charge < -0.3 is 9.84 Å². The van der Waals surface area contributed by atoms with E-state index in [0.29, 0.717) is 27.1 Å². The van der Waals surface area contributed by atoms with Gasteiger partial charge in [0.05, 0.1) is 10.6 Å². The Kier molecular flexibility index (Phi) is 6.11. The number of hydrogen-bond acceptors (Lipinski definition) is 5. The molecule has 1 N–H and O–H groups in total. The number of thioether (sulfide) groups is 1. The summed E-state index contributed by atoms with van der Waals surface area (Å²) in [6.45, 7) is 1.73. The Morgan fingerprint density at radius 1 is 1.32 bits per heavy atom. The quantitative estimate of drug-likeness (QED) is 0.552. The molecule has 1 fully saturated rings. The van der Waals surface area contributed by atoms with Crippen molar-refractivity contribution in [3.8, 4) is 5.75 Å². The minimum atomic E-state index is -1.02. The Balaban J connectivity index is 1.77. The average molecular weight is 417 g/mol. The summed E-state index contributed by atoms with van der Waals surface area (Å²) in [6.07, 6.45) is 1.12. The maximum Gasteiger partial charge on any atom is 0.344 e. The molecule has 0 bridgehead atoms. The molecular weight excluding hydrogens is 401 g/mol. The lowest BCUT2D eigenvalue weighted by atomic mass is 10.2. The minimum Gasteiger partial charge on any atom is -0.479 e. The van der Waals surface area contributed by atoms with Crippen LogP contribution in [-0.4, -0.2) is 27.4 Å². The van der Waals surface area contributed by atoms with Crippen LogP contribution >= 0.6 is 24.0 Å². The minimum absolute atomic E-state index is 0.321. The molecule has 0 radical (unpaired) electrons. The predicted octanol–water partition coefficient (Wildman–Crippen LogP) is 4.47. The maximum absolute atomic E-state index is 13.5. The fraction of sp³-hybridized carbons (Fsp3) is 0.150. The molecule has 5 nitrogen and oxygen atoms in total. The van der Waals surface area contributed by atoms with Crippen LogP contribution in [0.25, 0.3) is 6.08 Å². The van der Waals surface area contributed by atoms with Crippen LogP contribution in [-0.2, 0) is 9.59 Å². The van der Waals surface area contributed by atoms with E-state index in [1.54, 1.807) is 43.3 Å². The summed E-state index contributed by atoms with van der Waals surface area (Å²) < 4.78 is 19.2. The van der Waals surface area contributed by atoms with Gasteiger partial charge in [0.15, 0.2) is 10.4 Å². The summed E-state index contributed by atoms with van der Waals surface area (Å²) >= 11 is 6.41. The van der Waals surface area contributed by atoms with E-state index in [-0.39, 0.29) is 5.91 Å². The van der Waals surface area contributed by atoms with Crippen molar-refractivity contribution in [2.45, 2.75) is 19.4 Å². The molecule has 1 heterocycles. The topological polar surface area (TPSA) is 66.8 Å². The number of carbonyl (C=O) groups is 2. The zero-order valence-electron chi connectivity index (χ0n) is 14.8. The average Bonchev–Trinajstić information content (AvgIpc) is 2.94. The van der Waals surface area contributed by atoms with E-state index in [1.807, 2.05) is 0 Å². The number of ether oxygens (including phenoxy) is 1. The van der Waals surface area contributed by atoms with E-state index in [2.05, 4.69) is 0 Å². The van der Waals surface area contributed by atoms with Gasteiger partial charge in [-0.15, -0.1) is 0 Å². The Labute approximate surface area is 170 Å². The number of nitrogens with zero attached hydrogens (tertiary/aromatic N) is 1. The molecule has 3 rings (SSSR count). The molecule has 1 amide bonds. The number of hydrogen-bond donors (Lipinski definition) is 1. The van der Waals surface area contributed by atoms with Gasteiger partial charge in [-0.1, -0.05) is 49.1 Å². The van der Waals surface area contributed by atoms with Crippen LogP contribution in [0, 0.1) is 5.82 Å². The van der Waals surface area contributed by atoms with E-state index in [1.165, 1.54) is 23.1 Å². The zero-order chi connectivity index (χ0) is 20.3. The number of carboxylic acids is 1. The van der Waals surface area contributed by atoms with E-state index in [4.69, 9.17) is 22.1 Å². The lowest BCUT2D eigenvalue weighted by Crippen LogP contribution is -2.27. The zero-order valence-corrected chi connectivity index (χ0v) is 16.4. The van der Waals surface area contributed by atoms with Crippen molar-refractivity contribution in [1.29, 1.82) is 0 Å². The first-order valence-electron chi connectivity index (χ1n) is 8.42. The van der Waals surface area contributed by atoms with Crippen molar-refractivity contribution < 1.29 is 23.8 Å². The number of amides is 1. The van der Waals surface area contributed by atoms with Crippen LogP contribution in [0.3, 0.4) is 0 Å². The second kappa shape index (κ2) is 8.53. The van der Waals surface area contributed by atoms with E-state index >= 15 is 0 Å². The summed E-state index contributed by atoms with van der Waals surface area (Å²) in [5.41, 5.74) is 1.12. The Morgan fingerprint density at radius 2 is 2.04 bits per heavy atom. The third-order valence-corrected chi connectivity index (χ3v) is 5.26. The first-order chi connectivity index (χ1) is 13.4. The van der Waals surface area contributed by atoms with Crippen LogP contribution < -0.4 is 9.64 Å². The van der Waals surface area contributed by atoms with Gasteiger partial charge in [-0.2, -0.15) is 0 Å². The van der Waals surface area contributed by atoms with Crippen LogP contribution in [0.2, 0.25) is 0 Å². The second-order valence-corrected chi connectivity index (χ2v) is 7.59. The van der Waals surface area contributed by atoms with Crippen molar-refractivity contribution in [2.75, 3.05) is 4.90 Å².